The number of nitrogens with zero attached hydrogens (tertiary/aromatic N) is 2. The second-order valence-corrected chi connectivity index (χ2v) is 8.19. The Hall–Kier alpha value is -3.61. The van der Waals surface area contributed by atoms with E-state index in [1.54, 1.807) is 26.6 Å². The number of pyridine rings is 2. The molecule has 1 saturated carbocycles. The molecule has 1 aliphatic carbocycles. The third-order valence-corrected chi connectivity index (χ3v) is 6.56. The highest BCUT2D eigenvalue weighted by Crippen LogP contribution is 2.50. The van der Waals surface area contributed by atoms with Crippen molar-refractivity contribution in [1.29, 1.82) is 0 Å². The van der Waals surface area contributed by atoms with Gasteiger partial charge in [-0.3, -0.25) is 9.78 Å². The van der Waals surface area contributed by atoms with E-state index in [-0.39, 0.29) is 11.1 Å². The number of aromatic nitrogens is 2. The van der Waals surface area contributed by atoms with Crippen LogP contribution in [-0.2, 0) is 12.0 Å². The summed E-state index contributed by atoms with van der Waals surface area (Å²) >= 11 is 0. The first-order valence-electron chi connectivity index (χ1n) is 10.2. The molecule has 1 aromatic carbocycles. The smallest absolute Gasteiger partial charge is 0.341 e. The number of aromatic carboxylic acids is 1. The van der Waals surface area contributed by atoms with E-state index >= 15 is 0 Å². The highest BCUT2D eigenvalue weighted by molar-refractivity contribution is 5.88. The molecule has 0 amide bonds. The van der Waals surface area contributed by atoms with Crippen molar-refractivity contribution in [3.8, 4) is 33.9 Å². The summed E-state index contributed by atoms with van der Waals surface area (Å²) in [6.45, 7) is 0. The number of methoxy groups -OCH3 is 2. The van der Waals surface area contributed by atoms with E-state index in [1.807, 2.05) is 16.7 Å². The van der Waals surface area contributed by atoms with Crippen LogP contribution in [0.5, 0.6) is 11.5 Å². The lowest BCUT2D eigenvalue weighted by Crippen LogP contribution is -2.46. The van der Waals surface area contributed by atoms with E-state index in [0.717, 1.165) is 53.6 Å². The Kier molecular flexibility index (Phi) is 4.36. The maximum atomic E-state index is 12.5. The summed E-state index contributed by atoms with van der Waals surface area (Å²) < 4.78 is 13.0. The minimum atomic E-state index is -1.20. The monoisotopic (exact) mass is 418 g/mol. The molecule has 2 aromatic heterocycles. The van der Waals surface area contributed by atoms with Crippen LogP contribution in [0.3, 0.4) is 0 Å². The van der Waals surface area contributed by atoms with Gasteiger partial charge in [0.05, 0.1) is 26.1 Å². The first-order valence-corrected chi connectivity index (χ1v) is 10.2. The Morgan fingerprint density at radius 3 is 2.55 bits per heavy atom. The SMILES string of the molecule is COc1cncc(-c2cc3c(cc2OC)-c2cc(=O)c(C(=O)O)cn2C2(CCC2)C3)c1. The van der Waals surface area contributed by atoms with Crippen LogP contribution in [0, 0.1) is 0 Å². The number of fused-ring (bicyclic) bond motifs is 4. The summed E-state index contributed by atoms with van der Waals surface area (Å²) in [5.74, 6) is 0.115. The summed E-state index contributed by atoms with van der Waals surface area (Å²) in [6.07, 6.45) is 8.69. The second-order valence-electron chi connectivity index (χ2n) is 8.19. The predicted octanol–water partition coefficient (Wildman–Crippen LogP) is 3.73. The Morgan fingerprint density at radius 1 is 1.10 bits per heavy atom. The molecule has 3 heterocycles. The van der Waals surface area contributed by atoms with E-state index < -0.39 is 11.4 Å². The lowest BCUT2D eigenvalue weighted by molar-refractivity contribution is 0.0691. The summed E-state index contributed by atoms with van der Waals surface area (Å²) in [4.78, 5) is 28.4. The molecule has 1 N–H and O–H groups in total. The fourth-order valence-electron chi connectivity index (χ4n) is 4.82. The van der Waals surface area contributed by atoms with Gasteiger partial charge in [0, 0.05) is 40.7 Å². The molecule has 7 heteroatoms. The van der Waals surface area contributed by atoms with Crippen molar-refractivity contribution in [3.05, 3.63) is 64.2 Å². The number of hydrogen-bond donors (Lipinski definition) is 1. The van der Waals surface area contributed by atoms with E-state index in [4.69, 9.17) is 9.47 Å². The maximum Gasteiger partial charge on any atom is 0.341 e. The van der Waals surface area contributed by atoms with Crippen LogP contribution < -0.4 is 14.9 Å². The fraction of sp³-hybridized carbons (Fsp3) is 0.292. The van der Waals surface area contributed by atoms with Crippen LogP contribution in [0.15, 0.2) is 47.7 Å². The standard InChI is InChI=1S/C24H22N2O5/c1-30-16-6-15(11-25-12-16)18-7-14-10-24(4-3-5-24)26-13-19(23(28)29)21(27)9-20(26)17(14)8-22(18)31-2/h6-9,11-13H,3-5,10H2,1-2H3,(H,28,29). The van der Waals surface area contributed by atoms with E-state index in [1.165, 1.54) is 12.3 Å². The molecule has 1 spiro atoms. The van der Waals surface area contributed by atoms with Gasteiger partial charge in [-0.25, -0.2) is 4.79 Å². The van der Waals surface area contributed by atoms with Crippen LogP contribution >= 0.6 is 0 Å². The van der Waals surface area contributed by atoms with Crippen LogP contribution in [0.25, 0.3) is 22.4 Å². The van der Waals surface area contributed by atoms with Crippen molar-refractivity contribution in [2.24, 2.45) is 0 Å². The van der Waals surface area contributed by atoms with Crippen LogP contribution in [0.1, 0.15) is 35.2 Å². The fourth-order valence-corrected chi connectivity index (χ4v) is 4.82. The van der Waals surface area contributed by atoms with Gasteiger partial charge in [0.1, 0.15) is 17.1 Å². The first-order chi connectivity index (χ1) is 15.0. The van der Waals surface area contributed by atoms with Crippen molar-refractivity contribution in [1.82, 2.24) is 9.55 Å². The largest absolute Gasteiger partial charge is 0.496 e. The van der Waals surface area contributed by atoms with Crippen LogP contribution in [-0.4, -0.2) is 34.8 Å². The minimum absolute atomic E-state index is 0.190. The van der Waals surface area contributed by atoms with Crippen molar-refractivity contribution < 1.29 is 19.4 Å². The van der Waals surface area contributed by atoms with Crippen molar-refractivity contribution >= 4 is 5.97 Å². The predicted molar refractivity (Wildman–Crippen MR) is 115 cm³/mol. The third-order valence-electron chi connectivity index (χ3n) is 6.56. The van der Waals surface area contributed by atoms with E-state index in [2.05, 4.69) is 11.1 Å². The van der Waals surface area contributed by atoms with E-state index in [0.29, 0.717) is 11.5 Å². The molecule has 0 unspecified atom stereocenters. The Morgan fingerprint density at radius 2 is 1.90 bits per heavy atom. The third kappa shape index (κ3) is 2.91. The maximum absolute atomic E-state index is 12.5. The Labute approximate surface area is 178 Å². The lowest BCUT2D eigenvalue weighted by Gasteiger charge is -2.49. The Bertz CT molecular complexity index is 1270. The molecule has 0 bridgehead atoms. The molecule has 31 heavy (non-hydrogen) atoms. The van der Waals surface area contributed by atoms with Gasteiger partial charge in [-0.2, -0.15) is 0 Å². The molecule has 158 valence electrons. The van der Waals surface area contributed by atoms with Gasteiger partial charge < -0.3 is 19.1 Å². The molecular weight excluding hydrogens is 396 g/mol. The molecule has 0 atom stereocenters. The molecule has 5 rings (SSSR count). The summed E-state index contributed by atoms with van der Waals surface area (Å²) in [5, 5.41) is 9.46. The molecule has 1 fully saturated rings. The zero-order valence-corrected chi connectivity index (χ0v) is 17.3. The van der Waals surface area contributed by atoms with Crippen molar-refractivity contribution in [2.75, 3.05) is 14.2 Å². The summed E-state index contributed by atoms with van der Waals surface area (Å²) in [6, 6.07) is 7.40. The number of ether oxygens (including phenoxy) is 2. The Balaban J connectivity index is 1.74. The van der Waals surface area contributed by atoms with Gasteiger partial charge in [0.15, 0.2) is 5.43 Å². The van der Waals surface area contributed by atoms with Crippen molar-refractivity contribution in [3.63, 3.8) is 0 Å². The zero-order chi connectivity index (χ0) is 21.8. The number of carbonyl (C=O) groups is 1. The topological polar surface area (TPSA) is 90.7 Å². The molecule has 1 aliphatic heterocycles. The number of rotatable bonds is 4. The van der Waals surface area contributed by atoms with Gasteiger partial charge in [-0.05, 0) is 49.4 Å². The molecule has 0 saturated heterocycles. The molecular formula is C24H22N2O5. The molecule has 7 nitrogen and oxygen atoms in total. The van der Waals surface area contributed by atoms with Gasteiger partial charge in [0.2, 0.25) is 0 Å². The molecule has 2 aliphatic rings. The molecule has 3 aromatic rings. The van der Waals surface area contributed by atoms with Crippen LogP contribution in [0.4, 0.5) is 0 Å². The van der Waals surface area contributed by atoms with Crippen molar-refractivity contribution in [2.45, 2.75) is 31.2 Å². The average molecular weight is 418 g/mol. The zero-order valence-electron chi connectivity index (χ0n) is 17.3. The van der Waals surface area contributed by atoms with Gasteiger partial charge in [-0.1, -0.05) is 0 Å². The number of carboxylic acid groups (broad SMARTS) is 1. The summed E-state index contributed by atoms with van der Waals surface area (Å²) in [7, 11) is 3.21. The summed E-state index contributed by atoms with van der Waals surface area (Å²) in [5.41, 5.74) is 3.66. The lowest BCUT2D eigenvalue weighted by atomic mass is 9.69. The highest BCUT2D eigenvalue weighted by atomic mass is 16.5. The van der Waals surface area contributed by atoms with Crippen LogP contribution in [0.2, 0.25) is 0 Å². The van der Waals surface area contributed by atoms with Gasteiger partial charge in [0.25, 0.3) is 0 Å². The van der Waals surface area contributed by atoms with Gasteiger partial charge >= 0.3 is 5.97 Å². The normalized spacial score (nSPS) is 15.5. The second kappa shape index (κ2) is 6.97. The highest BCUT2D eigenvalue weighted by Gasteiger charge is 2.43. The molecule has 0 radical (unpaired) electrons. The van der Waals surface area contributed by atoms with E-state index in [9.17, 15) is 14.7 Å². The quantitative estimate of drug-likeness (QED) is 0.694. The average Bonchev–Trinajstić information content (AvgIpc) is 2.75. The number of benzene rings is 1. The minimum Gasteiger partial charge on any atom is -0.496 e. The number of hydrogen-bond acceptors (Lipinski definition) is 5. The number of carboxylic acids is 1. The van der Waals surface area contributed by atoms with Gasteiger partial charge in [-0.15, -0.1) is 0 Å². The first kappa shape index (κ1) is 19.4.